The molecule has 210 valence electrons. The summed E-state index contributed by atoms with van der Waals surface area (Å²) in [6.07, 6.45) is 2.16. The van der Waals surface area contributed by atoms with Gasteiger partial charge in [0, 0.05) is 12.1 Å². The molecule has 1 heterocycles. The monoisotopic (exact) mass is 537 g/mol. The third-order valence-electron chi connectivity index (χ3n) is 6.17. The molecule has 0 radical (unpaired) electrons. The van der Waals surface area contributed by atoms with E-state index in [0.29, 0.717) is 48.3 Å². The van der Waals surface area contributed by atoms with Crippen molar-refractivity contribution in [2.75, 3.05) is 39.2 Å². The molecule has 3 rings (SSSR count). The minimum Gasteiger partial charge on any atom is -0.493 e. The Balaban J connectivity index is 1.79. The molecule has 9 heteroatoms. The number of carbonyl (C=O) groups excluding carboxylic acids is 2. The van der Waals surface area contributed by atoms with E-state index in [2.05, 4.69) is 5.32 Å². The number of nitrogens with one attached hydrogen (secondary N) is 1. The SMILES string of the molecule is CCOc1ccccc1NC(=O)N(CC(=O)N(CCc1ccc(OC)c(OC)c1)Cc1ccco1)C(C)(C)C. The van der Waals surface area contributed by atoms with E-state index in [1.165, 1.54) is 4.90 Å². The van der Waals surface area contributed by atoms with Crippen LogP contribution in [-0.2, 0) is 17.8 Å². The number of nitrogens with zero attached hydrogens (tertiary/aromatic N) is 2. The van der Waals surface area contributed by atoms with Gasteiger partial charge in [-0.1, -0.05) is 18.2 Å². The van der Waals surface area contributed by atoms with Gasteiger partial charge in [-0.25, -0.2) is 4.79 Å². The molecule has 0 aliphatic rings. The summed E-state index contributed by atoms with van der Waals surface area (Å²) in [6.45, 7) is 8.63. The summed E-state index contributed by atoms with van der Waals surface area (Å²) >= 11 is 0. The van der Waals surface area contributed by atoms with Gasteiger partial charge < -0.3 is 33.7 Å². The molecule has 0 unspecified atom stereocenters. The standard InChI is InChI=1S/C30H39N3O6/c1-7-38-25-13-9-8-12-24(25)31-29(35)33(30(2,3)4)21-28(34)32(20-23-11-10-18-39-23)17-16-22-14-15-26(36-5)27(19-22)37-6/h8-15,18-19H,7,16-17,20-21H2,1-6H3,(H,31,35). The summed E-state index contributed by atoms with van der Waals surface area (Å²) in [5, 5.41) is 2.92. The molecular weight excluding hydrogens is 498 g/mol. The van der Waals surface area contributed by atoms with E-state index < -0.39 is 5.54 Å². The molecular formula is C30H39N3O6. The van der Waals surface area contributed by atoms with Gasteiger partial charge in [0.1, 0.15) is 18.1 Å². The number of hydrogen-bond acceptors (Lipinski definition) is 6. The number of anilines is 1. The molecule has 0 saturated heterocycles. The number of benzene rings is 2. The molecule has 0 fully saturated rings. The second kappa shape index (κ2) is 13.6. The van der Waals surface area contributed by atoms with Gasteiger partial charge in [-0.3, -0.25) is 4.79 Å². The van der Waals surface area contributed by atoms with Crippen LogP contribution in [0.3, 0.4) is 0 Å². The zero-order valence-corrected chi connectivity index (χ0v) is 23.7. The van der Waals surface area contributed by atoms with Crippen molar-refractivity contribution in [2.24, 2.45) is 0 Å². The fourth-order valence-electron chi connectivity index (χ4n) is 4.07. The number of ether oxygens (including phenoxy) is 3. The summed E-state index contributed by atoms with van der Waals surface area (Å²) < 4.78 is 21.9. The lowest BCUT2D eigenvalue weighted by Gasteiger charge is -2.36. The first-order valence-corrected chi connectivity index (χ1v) is 13.0. The van der Waals surface area contributed by atoms with E-state index in [9.17, 15) is 9.59 Å². The van der Waals surface area contributed by atoms with Crippen LogP contribution >= 0.6 is 0 Å². The van der Waals surface area contributed by atoms with Crippen LogP contribution < -0.4 is 19.5 Å². The lowest BCUT2D eigenvalue weighted by atomic mass is 10.1. The molecule has 3 amide bonds. The topological polar surface area (TPSA) is 93.5 Å². The minimum absolute atomic E-state index is 0.112. The minimum atomic E-state index is -0.625. The number of para-hydroxylation sites is 2. The molecule has 1 N–H and O–H groups in total. The highest BCUT2D eigenvalue weighted by atomic mass is 16.5. The molecule has 0 bridgehead atoms. The van der Waals surface area contributed by atoms with Crippen LogP contribution in [0, 0.1) is 0 Å². The number of furan rings is 1. The second-order valence-corrected chi connectivity index (χ2v) is 9.95. The first-order valence-electron chi connectivity index (χ1n) is 13.0. The fourth-order valence-corrected chi connectivity index (χ4v) is 4.07. The van der Waals surface area contributed by atoms with E-state index in [1.54, 1.807) is 43.6 Å². The molecule has 1 aromatic heterocycles. The first kappa shape index (κ1) is 29.4. The Hall–Kier alpha value is -4.14. The van der Waals surface area contributed by atoms with Crippen molar-refractivity contribution in [2.45, 2.75) is 46.2 Å². The van der Waals surface area contributed by atoms with Gasteiger partial charge in [0.25, 0.3) is 0 Å². The van der Waals surface area contributed by atoms with E-state index in [4.69, 9.17) is 18.6 Å². The van der Waals surface area contributed by atoms with Crippen molar-refractivity contribution in [3.8, 4) is 17.2 Å². The van der Waals surface area contributed by atoms with Gasteiger partial charge in [-0.05, 0) is 76.1 Å². The molecule has 0 aliphatic heterocycles. The molecule has 39 heavy (non-hydrogen) atoms. The third-order valence-corrected chi connectivity index (χ3v) is 6.17. The highest BCUT2D eigenvalue weighted by Crippen LogP contribution is 2.28. The molecule has 0 spiro atoms. The van der Waals surface area contributed by atoms with Crippen LogP contribution in [0.5, 0.6) is 17.2 Å². The number of carbonyl (C=O) groups is 2. The Bertz CT molecular complexity index is 1220. The van der Waals surface area contributed by atoms with Gasteiger partial charge in [-0.15, -0.1) is 0 Å². The predicted molar refractivity (Wildman–Crippen MR) is 150 cm³/mol. The quantitative estimate of drug-likeness (QED) is 0.323. The van der Waals surface area contributed by atoms with Gasteiger partial charge in [0.05, 0.1) is 39.3 Å². The van der Waals surface area contributed by atoms with Gasteiger partial charge in [-0.2, -0.15) is 0 Å². The molecule has 0 saturated carbocycles. The van der Waals surface area contributed by atoms with Crippen molar-refractivity contribution in [3.05, 3.63) is 72.2 Å². The number of rotatable bonds is 12. The van der Waals surface area contributed by atoms with Gasteiger partial charge in [0.15, 0.2) is 11.5 Å². The van der Waals surface area contributed by atoms with Crippen molar-refractivity contribution in [1.29, 1.82) is 0 Å². The Kier molecular flexibility index (Phi) is 10.3. The lowest BCUT2D eigenvalue weighted by molar-refractivity contribution is -0.133. The number of urea groups is 1. The van der Waals surface area contributed by atoms with Crippen LogP contribution in [-0.4, -0.2) is 61.2 Å². The highest BCUT2D eigenvalue weighted by molar-refractivity contribution is 5.94. The van der Waals surface area contributed by atoms with E-state index in [1.807, 2.05) is 64.1 Å². The Morgan fingerprint density at radius 2 is 1.69 bits per heavy atom. The number of hydrogen-bond donors (Lipinski definition) is 1. The maximum atomic E-state index is 13.7. The van der Waals surface area contributed by atoms with Crippen LogP contribution in [0.15, 0.2) is 65.3 Å². The van der Waals surface area contributed by atoms with Crippen LogP contribution in [0.25, 0.3) is 0 Å². The van der Waals surface area contributed by atoms with Crippen molar-refractivity contribution >= 4 is 17.6 Å². The largest absolute Gasteiger partial charge is 0.493 e. The third kappa shape index (κ3) is 8.17. The predicted octanol–water partition coefficient (Wildman–Crippen LogP) is 5.60. The van der Waals surface area contributed by atoms with E-state index in [-0.39, 0.29) is 25.0 Å². The average molecular weight is 538 g/mol. The molecule has 3 aromatic rings. The zero-order valence-electron chi connectivity index (χ0n) is 23.7. The van der Waals surface area contributed by atoms with E-state index in [0.717, 1.165) is 5.56 Å². The second-order valence-electron chi connectivity index (χ2n) is 9.95. The maximum Gasteiger partial charge on any atom is 0.322 e. The van der Waals surface area contributed by atoms with Crippen LogP contribution in [0.2, 0.25) is 0 Å². The Morgan fingerprint density at radius 3 is 2.33 bits per heavy atom. The van der Waals surface area contributed by atoms with Crippen molar-refractivity contribution < 1.29 is 28.2 Å². The molecule has 9 nitrogen and oxygen atoms in total. The first-order chi connectivity index (χ1) is 18.7. The molecule has 0 aliphatic carbocycles. The summed E-state index contributed by atoms with van der Waals surface area (Å²) in [5.41, 5.74) is 0.912. The Morgan fingerprint density at radius 1 is 0.949 bits per heavy atom. The maximum absolute atomic E-state index is 13.7. The van der Waals surface area contributed by atoms with Gasteiger partial charge in [0.2, 0.25) is 5.91 Å². The summed E-state index contributed by atoms with van der Waals surface area (Å²) in [6, 6.07) is 16.2. The fraction of sp³-hybridized carbons (Fsp3) is 0.400. The average Bonchev–Trinajstić information content (AvgIpc) is 3.43. The summed E-state index contributed by atoms with van der Waals surface area (Å²) in [4.78, 5) is 30.4. The summed E-state index contributed by atoms with van der Waals surface area (Å²) in [7, 11) is 3.18. The molecule has 2 aromatic carbocycles. The summed E-state index contributed by atoms with van der Waals surface area (Å²) in [5.74, 6) is 2.30. The molecule has 0 atom stereocenters. The highest BCUT2D eigenvalue weighted by Gasteiger charge is 2.31. The normalized spacial score (nSPS) is 11.0. The van der Waals surface area contributed by atoms with Crippen molar-refractivity contribution in [1.82, 2.24) is 9.80 Å². The van der Waals surface area contributed by atoms with Gasteiger partial charge >= 0.3 is 6.03 Å². The number of amides is 3. The number of methoxy groups -OCH3 is 2. The smallest absolute Gasteiger partial charge is 0.322 e. The van der Waals surface area contributed by atoms with Crippen molar-refractivity contribution in [3.63, 3.8) is 0 Å². The lowest BCUT2D eigenvalue weighted by Crippen LogP contribution is -2.52. The zero-order chi connectivity index (χ0) is 28.4. The van der Waals surface area contributed by atoms with Crippen LogP contribution in [0.4, 0.5) is 10.5 Å². The van der Waals surface area contributed by atoms with E-state index >= 15 is 0 Å². The Labute approximate surface area is 230 Å². The van der Waals surface area contributed by atoms with Crippen LogP contribution in [0.1, 0.15) is 39.0 Å².